The molecule has 0 fully saturated rings. The summed E-state index contributed by atoms with van der Waals surface area (Å²) >= 11 is 0. The molecule has 0 saturated carbocycles. The van der Waals surface area contributed by atoms with E-state index in [4.69, 9.17) is 4.74 Å². The van der Waals surface area contributed by atoms with Crippen molar-refractivity contribution in [2.24, 2.45) is 5.10 Å². The molecule has 2 rings (SSSR count). The Kier molecular flexibility index (Phi) is 3.19. The number of hydrogen-bond acceptors (Lipinski definition) is 4. The lowest BCUT2D eigenvalue weighted by Gasteiger charge is -2.19. The van der Waals surface area contributed by atoms with Gasteiger partial charge in [0.05, 0.1) is 5.69 Å². The van der Waals surface area contributed by atoms with Crippen LogP contribution >= 0.6 is 0 Å². The molecule has 4 heteroatoms. The third kappa shape index (κ3) is 2.97. The van der Waals surface area contributed by atoms with E-state index in [-0.39, 0.29) is 5.71 Å². The van der Waals surface area contributed by atoms with Gasteiger partial charge in [-0.3, -0.25) is 5.43 Å². The first-order chi connectivity index (χ1) is 8.46. The Hall–Kier alpha value is -2.10. The molecule has 1 N–H and O–H groups in total. The maximum absolute atomic E-state index is 11.9. The first-order valence-electron chi connectivity index (χ1n) is 5.80. The second-order valence-electron chi connectivity index (χ2n) is 5.03. The number of carbonyl (C=O) groups is 1. The molecule has 18 heavy (non-hydrogen) atoms. The highest BCUT2D eigenvalue weighted by Gasteiger charge is 2.20. The van der Waals surface area contributed by atoms with Crippen molar-refractivity contribution < 1.29 is 9.53 Å². The molecule has 94 valence electrons. The number of fused-ring (bicyclic) bond motifs is 1. The number of carbonyl (C=O) groups excluding carboxylic acids is 1. The molecular weight excluding hydrogens is 228 g/mol. The molecule has 0 spiro atoms. The second kappa shape index (κ2) is 4.64. The molecule has 1 aromatic carbocycles. The van der Waals surface area contributed by atoms with E-state index in [1.54, 1.807) is 6.08 Å². The lowest BCUT2D eigenvalue weighted by molar-refractivity contribution is -0.146. The molecule has 0 bridgehead atoms. The molecular formula is C14H16N2O2. The van der Waals surface area contributed by atoms with Crippen LogP contribution in [0.1, 0.15) is 26.3 Å². The van der Waals surface area contributed by atoms with Crippen LogP contribution < -0.4 is 5.43 Å². The van der Waals surface area contributed by atoms with Crippen LogP contribution in [0.2, 0.25) is 0 Å². The van der Waals surface area contributed by atoms with E-state index in [2.05, 4.69) is 10.5 Å². The molecule has 0 radical (unpaired) electrons. The monoisotopic (exact) mass is 244 g/mol. The molecule has 0 atom stereocenters. The first-order valence-corrected chi connectivity index (χ1v) is 5.80. The van der Waals surface area contributed by atoms with Gasteiger partial charge in [0.2, 0.25) is 0 Å². The summed E-state index contributed by atoms with van der Waals surface area (Å²) < 4.78 is 5.27. The molecule has 1 aliphatic heterocycles. The maximum atomic E-state index is 11.9. The second-order valence-corrected chi connectivity index (χ2v) is 5.03. The topological polar surface area (TPSA) is 50.7 Å². The van der Waals surface area contributed by atoms with Gasteiger partial charge < -0.3 is 4.74 Å². The Balaban J connectivity index is 2.19. The zero-order valence-electron chi connectivity index (χ0n) is 10.7. The molecule has 0 saturated heterocycles. The summed E-state index contributed by atoms with van der Waals surface area (Å²) in [7, 11) is 0. The van der Waals surface area contributed by atoms with Crippen molar-refractivity contribution in [3.63, 3.8) is 0 Å². The number of para-hydroxylation sites is 1. The normalized spacial score (nSPS) is 14.1. The molecule has 4 nitrogen and oxygen atoms in total. The van der Waals surface area contributed by atoms with Crippen LogP contribution in [0.25, 0.3) is 6.08 Å². The van der Waals surface area contributed by atoms with Crippen molar-refractivity contribution in [3.8, 4) is 0 Å². The van der Waals surface area contributed by atoms with Crippen molar-refractivity contribution in [2.75, 3.05) is 5.43 Å². The molecule has 0 amide bonds. The van der Waals surface area contributed by atoms with Crippen LogP contribution in [0.5, 0.6) is 0 Å². The summed E-state index contributed by atoms with van der Waals surface area (Å²) in [6.07, 6.45) is 3.50. The van der Waals surface area contributed by atoms with Gasteiger partial charge in [-0.15, -0.1) is 0 Å². The van der Waals surface area contributed by atoms with Crippen molar-refractivity contribution in [1.82, 2.24) is 0 Å². The highest BCUT2D eigenvalue weighted by atomic mass is 16.6. The zero-order valence-corrected chi connectivity index (χ0v) is 10.7. The third-order valence-electron chi connectivity index (χ3n) is 2.29. The Morgan fingerprint density at radius 3 is 2.67 bits per heavy atom. The fraction of sp³-hybridized carbons (Fsp3) is 0.286. The molecule has 0 aromatic heterocycles. The summed E-state index contributed by atoms with van der Waals surface area (Å²) in [5, 5.41) is 4.05. The van der Waals surface area contributed by atoms with Gasteiger partial charge in [0.25, 0.3) is 0 Å². The van der Waals surface area contributed by atoms with E-state index in [0.29, 0.717) is 0 Å². The van der Waals surface area contributed by atoms with Gasteiger partial charge in [-0.1, -0.05) is 24.3 Å². The van der Waals surface area contributed by atoms with Gasteiger partial charge in [0, 0.05) is 0 Å². The summed E-state index contributed by atoms with van der Waals surface area (Å²) in [4.78, 5) is 11.9. The SMILES string of the molecule is CC(C)(C)OC(=O)C1=NNc2ccccc2C=C1. The van der Waals surface area contributed by atoms with Gasteiger partial charge >= 0.3 is 5.97 Å². The van der Waals surface area contributed by atoms with Crippen LogP contribution in [0.4, 0.5) is 5.69 Å². The summed E-state index contributed by atoms with van der Waals surface area (Å²) in [6.45, 7) is 5.48. The van der Waals surface area contributed by atoms with Gasteiger partial charge in [0.15, 0.2) is 5.71 Å². The van der Waals surface area contributed by atoms with E-state index >= 15 is 0 Å². The van der Waals surface area contributed by atoms with Crippen LogP contribution in [-0.4, -0.2) is 17.3 Å². The fourth-order valence-corrected chi connectivity index (χ4v) is 1.51. The van der Waals surface area contributed by atoms with Crippen LogP contribution in [0, 0.1) is 0 Å². The number of anilines is 1. The predicted molar refractivity (Wildman–Crippen MR) is 72.4 cm³/mol. The smallest absolute Gasteiger partial charge is 0.359 e. The van der Waals surface area contributed by atoms with Crippen molar-refractivity contribution in [1.29, 1.82) is 0 Å². The Morgan fingerprint density at radius 1 is 1.22 bits per heavy atom. The lowest BCUT2D eigenvalue weighted by Crippen LogP contribution is -2.28. The number of esters is 1. The minimum Gasteiger partial charge on any atom is -0.455 e. The third-order valence-corrected chi connectivity index (χ3v) is 2.29. The number of rotatable bonds is 1. The van der Waals surface area contributed by atoms with E-state index in [1.807, 2.05) is 51.1 Å². The zero-order chi connectivity index (χ0) is 13.2. The summed E-state index contributed by atoms with van der Waals surface area (Å²) in [6, 6.07) is 7.70. The van der Waals surface area contributed by atoms with E-state index in [1.165, 1.54) is 0 Å². The number of nitrogens with zero attached hydrogens (tertiary/aromatic N) is 1. The molecule has 1 aromatic rings. The number of hydrogen-bond donors (Lipinski definition) is 1. The highest BCUT2D eigenvalue weighted by Crippen LogP contribution is 2.19. The number of nitrogens with one attached hydrogen (secondary N) is 1. The van der Waals surface area contributed by atoms with Gasteiger partial charge in [-0.05, 0) is 38.5 Å². The predicted octanol–water partition coefficient (Wildman–Crippen LogP) is 2.82. The van der Waals surface area contributed by atoms with Gasteiger partial charge in [-0.2, -0.15) is 5.10 Å². The lowest BCUT2D eigenvalue weighted by atomic mass is 10.1. The number of hydrazone groups is 1. The van der Waals surface area contributed by atoms with Gasteiger partial charge in [-0.25, -0.2) is 4.79 Å². The number of benzene rings is 1. The van der Waals surface area contributed by atoms with Crippen LogP contribution in [-0.2, 0) is 9.53 Å². The largest absolute Gasteiger partial charge is 0.455 e. The molecule has 1 aliphatic rings. The fourth-order valence-electron chi connectivity index (χ4n) is 1.51. The Labute approximate surface area is 106 Å². The summed E-state index contributed by atoms with van der Waals surface area (Å²) in [5.74, 6) is -0.431. The molecule has 1 heterocycles. The standard InChI is InChI=1S/C14H16N2O2/c1-14(2,3)18-13(17)12-9-8-10-6-4-5-7-11(10)15-16-12/h4-9,15H,1-3H3. The van der Waals surface area contributed by atoms with Crippen molar-refractivity contribution >= 4 is 23.4 Å². The number of ether oxygens (including phenoxy) is 1. The molecule has 0 unspecified atom stereocenters. The maximum Gasteiger partial charge on any atom is 0.359 e. The average molecular weight is 244 g/mol. The average Bonchev–Trinajstić information content (AvgIpc) is 2.49. The first kappa shape index (κ1) is 12.4. The minimum atomic E-state index is -0.521. The van der Waals surface area contributed by atoms with Crippen molar-refractivity contribution in [3.05, 3.63) is 35.9 Å². The van der Waals surface area contributed by atoms with Crippen LogP contribution in [0.3, 0.4) is 0 Å². The van der Waals surface area contributed by atoms with E-state index < -0.39 is 11.6 Å². The van der Waals surface area contributed by atoms with E-state index in [0.717, 1.165) is 11.3 Å². The Bertz CT molecular complexity index is 525. The van der Waals surface area contributed by atoms with E-state index in [9.17, 15) is 4.79 Å². The quantitative estimate of drug-likeness (QED) is 0.773. The van der Waals surface area contributed by atoms with Gasteiger partial charge in [0.1, 0.15) is 5.60 Å². The van der Waals surface area contributed by atoms with Crippen molar-refractivity contribution in [2.45, 2.75) is 26.4 Å². The Morgan fingerprint density at radius 2 is 1.94 bits per heavy atom. The van der Waals surface area contributed by atoms with Crippen LogP contribution in [0.15, 0.2) is 35.4 Å². The highest BCUT2D eigenvalue weighted by molar-refractivity contribution is 6.42. The summed E-state index contributed by atoms with van der Waals surface area (Å²) in [5.41, 5.74) is 4.46. The molecule has 0 aliphatic carbocycles. The minimum absolute atomic E-state index is 0.265.